The van der Waals surface area contributed by atoms with E-state index in [1.54, 1.807) is 6.07 Å². The second kappa shape index (κ2) is 10.9. The van der Waals surface area contributed by atoms with Crippen LogP contribution >= 0.6 is 24.0 Å². The minimum atomic E-state index is 0. The van der Waals surface area contributed by atoms with Crippen LogP contribution in [-0.2, 0) is 13.0 Å². The summed E-state index contributed by atoms with van der Waals surface area (Å²) in [7, 11) is 1.86. The summed E-state index contributed by atoms with van der Waals surface area (Å²) in [6, 6.07) is 16.3. The van der Waals surface area contributed by atoms with Crippen molar-refractivity contribution in [3.8, 4) is 5.75 Å². The van der Waals surface area contributed by atoms with Crippen LogP contribution in [0, 0.1) is 0 Å². The summed E-state index contributed by atoms with van der Waals surface area (Å²) < 4.78 is 0. The number of anilines is 1. The van der Waals surface area contributed by atoms with E-state index in [1.165, 1.54) is 11.1 Å². The first-order chi connectivity index (χ1) is 14.2. The fourth-order valence-electron chi connectivity index (χ4n) is 4.29. The number of phenolic OH excluding ortho intramolecular Hbond substituents is 1. The van der Waals surface area contributed by atoms with Crippen molar-refractivity contribution in [3.05, 3.63) is 59.7 Å². The Morgan fingerprint density at radius 2 is 1.67 bits per heavy atom. The number of nitrogens with one attached hydrogen (secondary N) is 1. The lowest BCUT2D eigenvalue weighted by Gasteiger charge is -2.38. The average Bonchev–Trinajstić information content (AvgIpc) is 2.77. The summed E-state index contributed by atoms with van der Waals surface area (Å²) in [4.78, 5) is 11.6. The number of fused-ring (bicyclic) bond motifs is 1. The topological polar surface area (TPSA) is 54.3 Å². The van der Waals surface area contributed by atoms with E-state index in [9.17, 15) is 5.11 Å². The molecule has 0 amide bonds. The molecule has 2 aliphatic rings. The van der Waals surface area contributed by atoms with Crippen molar-refractivity contribution < 1.29 is 5.11 Å². The van der Waals surface area contributed by atoms with Gasteiger partial charge >= 0.3 is 0 Å². The number of aliphatic imine (C=N–C) groups is 1. The molecule has 162 valence electrons. The van der Waals surface area contributed by atoms with Gasteiger partial charge in [0.05, 0.1) is 5.69 Å². The van der Waals surface area contributed by atoms with Crippen LogP contribution in [0.4, 0.5) is 5.69 Å². The SMILES string of the molecule is CN=C(NCCN1CCc2ccccc2C1)N1CCN(c2ccccc2O)CC1.I. The van der Waals surface area contributed by atoms with Crippen LogP contribution < -0.4 is 10.2 Å². The van der Waals surface area contributed by atoms with Crippen molar-refractivity contribution >= 4 is 35.6 Å². The summed E-state index contributed by atoms with van der Waals surface area (Å²) in [6.07, 6.45) is 1.14. The van der Waals surface area contributed by atoms with Crippen LogP contribution in [0.25, 0.3) is 0 Å². The molecule has 0 bridgehead atoms. The molecule has 6 nitrogen and oxygen atoms in total. The highest BCUT2D eigenvalue weighted by atomic mass is 127. The van der Waals surface area contributed by atoms with E-state index in [2.05, 4.69) is 49.3 Å². The Kier molecular flexibility index (Phi) is 8.21. The normalized spacial score (nSPS) is 17.3. The molecule has 2 aliphatic heterocycles. The molecule has 30 heavy (non-hydrogen) atoms. The maximum atomic E-state index is 10.1. The molecule has 0 aromatic heterocycles. The van der Waals surface area contributed by atoms with Crippen molar-refractivity contribution in [3.63, 3.8) is 0 Å². The van der Waals surface area contributed by atoms with Gasteiger partial charge in [0.1, 0.15) is 5.75 Å². The average molecular weight is 521 g/mol. The molecule has 2 heterocycles. The third-order valence-corrected chi connectivity index (χ3v) is 5.93. The lowest BCUT2D eigenvalue weighted by Crippen LogP contribution is -2.53. The van der Waals surface area contributed by atoms with Crippen LogP contribution in [0.3, 0.4) is 0 Å². The molecule has 0 radical (unpaired) electrons. The van der Waals surface area contributed by atoms with Crippen molar-refractivity contribution in [2.24, 2.45) is 4.99 Å². The standard InChI is InChI=1S/C23H31N5O.HI/c1-24-23(25-11-13-26-12-10-19-6-2-3-7-20(19)18-26)28-16-14-27(15-17-28)21-8-4-5-9-22(21)29;/h2-9,29H,10-18H2,1H3,(H,24,25);1H. The smallest absolute Gasteiger partial charge is 0.193 e. The molecule has 4 rings (SSSR count). The minimum Gasteiger partial charge on any atom is -0.506 e. The molecule has 0 saturated carbocycles. The summed E-state index contributed by atoms with van der Waals surface area (Å²) in [6.45, 7) is 7.62. The van der Waals surface area contributed by atoms with Crippen molar-refractivity contribution in [2.45, 2.75) is 13.0 Å². The predicted molar refractivity (Wildman–Crippen MR) is 134 cm³/mol. The maximum Gasteiger partial charge on any atom is 0.193 e. The van der Waals surface area contributed by atoms with Gasteiger partial charge in [-0.1, -0.05) is 36.4 Å². The van der Waals surface area contributed by atoms with E-state index in [4.69, 9.17) is 0 Å². The summed E-state index contributed by atoms with van der Waals surface area (Å²) >= 11 is 0. The monoisotopic (exact) mass is 521 g/mol. The molecular formula is C23H32IN5O. The first kappa shape index (κ1) is 22.7. The van der Waals surface area contributed by atoms with E-state index in [0.29, 0.717) is 5.75 Å². The highest BCUT2D eigenvalue weighted by Crippen LogP contribution is 2.27. The molecule has 1 saturated heterocycles. The van der Waals surface area contributed by atoms with Crippen molar-refractivity contribution in [2.75, 3.05) is 57.8 Å². The Morgan fingerprint density at radius 3 is 2.40 bits per heavy atom. The van der Waals surface area contributed by atoms with Gasteiger partial charge in [0, 0.05) is 59.4 Å². The van der Waals surface area contributed by atoms with E-state index in [1.807, 2.05) is 25.2 Å². The lowest BCUT2D eigenvalue weighted by molar-refractivity contribution is 0.256. The highest BCUT2D eigenvalue weighted by molar-refractivity contribution is 14.0. The Hall–Kier alpha value is -2.00. The lowest BCUT2D eigenvalue weighted by atomic mass is 10.00. The Morgan fingerprint density at radius 1 is 0.967 bits per heavy atom. The van der Waals surface area contributed by atoms with Gasteiger partial charge in [-0.15, -0.1) is 24.0 Å². The molecule has 7 heteroatoms. The number of aromatic hydroxyl groups is 1. The molecule has 0 atom stereocenters. The number of benzene rings is 2. The Balaban J connectivity index is 0.00000256. The van der Waals surface area contributed by atoms with E-state index in [-0.39, 0.29) is 24.0 Å². The first-order valence-corrected chi connectivity index (χ1v) is 10.5. The number of halogens is 1. The van der Waals surface area contributed by atoms with E-state index in [0.717, 1.165) is 70.4 Å². The van der Waals surface area contributed by atoms with Crippen LogP contribution in [-0.4, -0.2) is 73.7 Å². The van der Waals surface area contributed by atoms with E-state index >= 15 is 0 Å². The quantitative estimate of drug-likeness (QED) is 0.369. The largest absolute Gasteiger partial charge is 0.506 e. The predicted octanol–water partition coefficient (Wildman–Crippen LogP) is 2.77. The number of phenols is 1. The zero-order valence-electron chi connectivity index (χ0n) is 17.6. The number of rotatable bonds is 4. The summed E-state index contributed by atoms with van der Waals surface area (Å²) in [5, 5.41) is 13.6. The maximum absolute atomic E-state index is 10.1. The molecule has 1 fully saturated rings. The number of hydrogen-bond acceptors (Lipinski definition) is 4. The Bertz CT molecular complexity index is 851. The zero-order valence-corrected chi connectivity index (χ0v) is 20.0. The summed E-state index contributed by atoms with van der Waals surface area (Å²) in [5.74, 6) is 1.32. The van der Waals surface area contributed by atoms with Gasteiger partial charge in [0.25, 0.3) is 0 Å². The third kappa shape index (κ3) is 5.37. The minimum absolute atomic E-state index is 0. The van der Waals surface area contributed by atoms with Crippen molar-refractivity contribution in [1.29, 1.82) is 0 Å². The highest BCUT2D eigenvalue weighted by Gasteiger charge is 2.21. The fourth-order valence-corrected chi connectivity index (χ4v) is 4.29. The van der Waals surface area contributed by atoms with Crippen LogP contribution in [0.2, 0.25) is 0 Å². The number of hydrogen-bond donors (Lipinski definition) is 2. The fraction of sp³-hybridized carbons (Fsp3) is 0.435. The van der Waals surface area contributed by atoms with Crippen LogP contribution in [0.5, 0.6) is 5.75 Å². The van der Waals surface area contributed by atoms with Gasteiger partial charge < -0.3 is 20.2 Å². The number of guanidine groups is 1. The van der Waals surface area contributed by atoms with Crippen LogP contribution in [0.1, 0.15) is 11.1 Å². The number of piperazine rings is 1. The molecule has 0 unspecified atom stereocenters. The summed E-state index contributed by atoms with van der Waals surface area (Å²) in [5.41, 5.74) is 3.87. The zero-order chi connectivity index (χ0) is 20.1. The second-order valence-electron chi connectivity index (χ2n) is 7.73. The molecule has 2 aromatic carbocycles. The van der Waals surface area contributed by atoms with Crippen LogP contribution in [0.15, 0.2) is 53.5 Å². The van der Waals surface area contributed by atoms with Gasteiger partial charge in [-0.25, -0.2) is 0 Å². The number of nitrogens with zero attached hydrogens (tertiary/aromatic N) is 4. The van der Waals surface area contributed by atoms with Crippen molar-refractivity contribution in [1.82, 2.24) is 15.1 Å². The molecule has 0 aliphatic carbocycles. The molecule has 0 spiro atoms. The second-order valence-corrected chi connectivity index (χ2v) is 7.73. The molecular weight excluding hydrogens is 489 g/mol. The van der Waals surface area contributed by atoms with Gasteiger partial charge in [0.15, 0.2) is 5.96 Å². The van der Waals surface area contributed by atoms with Gasteiger partial charge in [-0.05, 0) is 29.7 Å². The van der Waals surface area contributed by atoms with Gasteiger partial charge in [-0.3, -0.25) is 9.89 Å². The van der Waals surface area contributed by atoms with Gasteiger partial charge in [0.2, 0.25) is 0 Å². The third-order valence-electron chi connectivity index (χ3n) is 5.93. The number of para-hydroxylation sites is 2. The molecule has 2 N–H and O–H groups in total. The first-order valence-electron chi connectivity index (χ1n) is 10.5. The van der Waals surface area contributed by atoms with Gasteiger partial charge in [-0.2, -0.15) is 0 Å². The van der Waals surface area contributed by atoms with E-state index < -0.39 is 0 Å². The Labute approximate surface area is 196 Å². The molecule has 2 aromatic rings.